The first-order valence-electron chi connectivity index (χ1n) is 5.75. The standard InChI is InChI=1S/C13H18FNO2/c1-8-3-10(14)12(11(4-8)17-2)13(7-15)5-9(16)6-13/h3-4,9,16H,5-7,15H2,1-2H3. The highest BCUT2D eigenvalue weighted by molar-refractivity contribution is 5.45. The molecule has 0 bridgehead atoms. The van der Waals surface area contributed by atoms with Crippen LogP contribution in [0.1, 0.15) is 24.0 Å². The lowest BCUT2D eigenvalue weighted by atomic mass is 9.62. The molecule has 0 aromatic heterocycles. The van der Waals surface area contributed by atoms with Crippen molar-refractivity contribution in [2.24, 2.45) is 5.73 Å². The normalized spacial score (nSPS) is 27.7. The van der Waals surface area contributed by atoms with Crippen molar-refractivity contribution in [2.45, 2.75) is 31.3 Å². The molecule has 0 spiro atoms. The molecule has 17 heavy (non-hydrogen) atoms. The van der Waals surface area contributed by atoms with Crippen LogP contribution in [0.2, 0.25) is 0 Å². The summed E-state index contributed by atoms with van der Waals surface area (Å²) in [6, 6.07) is 3.29. The molecule has 1 aliphatic rings. The average molecular weight is 239 g/mol. The Kier molecular flexibility index (Phi) is 3.10. The van der Waals surface area contributed by atoms with Crippen LogP contribution in [-0.4, -0.2) is 24.9 Å². The molecule has 1 fully saturated rings. The Morgan fingerprint density at radius 1 is 1.53 bits per heavy atom. The Morgan fingerprint density at radius 2 is 2.18 bits per heavy atom. The van der Waals surface area contributed by atoms with E-state index in [0.717, 1.165) is 5.56 Å². The lowest BCUT2D eigenvalue weighted by molar-refractivity contribution is 0.0193. The van der Waals surface area contributed by atoms with Gasteiger partial charge in [-0.2, -0.15) is 0 Å². The predicted octanol–water partition coefficient (Wildman–Crippen LogP) is 1.49. The largest absolute Gasteiger partial charge is 0.496 e. The first kappa shape index (κ1) is 12.3. The van der Waals surface area contributed by atoms with Gasteiger partial charge in [0.05, 0.1) is 13.2 Å². The summed E-state index contributed by atoms with van der Waals surface area (Å²) in [4.78, 5) is 0. The molecule has 1 aromatic rings. The van der Waals surface area contributed by atoms with Gasteiger partial charge in [0, 0.05) is 17.5 Å². The van der Waals surface area contributed by atoms with Crippen molar-refractivity contribution >= 4 is 0 Å². The number of nitrogens with two attached hydrogens (primary N) is 1. The van der Waals surface area contributed by atoms with Crippen molar-refractivity contribution in [3.63, 3.8) is 0 Å². The van der Waals surface area contributed by atoms with Gasteiger partial charge in [-0.05, 0) is 37.5 Å². The van der Waals surface area contributed by atoms with Crippen LogP contribution in [0, 0.1) is 12.7 Å². The topological polar surface area (TPSA) is 55.5 Å². The minimum Gasteiger partial charge on any atom is -0.496 e. The number of aliphatic hydroxyl groups is 1. The van der Waals surface area contributed by atoms with Crippen molar-refractivity contribution in [3.8, 4) is 5.75 Å². The summed E-state index contributed by atoms with van der Waals surface area (Å²) in [5.41, 5.74) is 6.62. The quantitative estimate of drug-likeness (QED) is 0.840. The van der Waals surface area contributed by atoms with Gasteiger partial charge in [-0.25, -0.2) is 4.39 Å². The van der Waals surface area contributed by atoms with E-state index in [1.165, 1.54) is 13.2 Å². The highest BCUT2D eigenvalue weighted by atomic mass is 19.1. The van der Waals surface area contributed by atoms with Crippen molar-refractivity contribution in [3.05, 3.63) is 29.1 Å². The van der Waals surface area contributed by atoms with E-state index >= 15 is 0 Å². The number of methoxy groups -OCH3 is 1. The van der Waals surface area contributed by atoms with Gasteiger partial charge in [-0.15, -0.1) is 0 Å². The van der Waals surface area contributed by atoms with Crippen LogP contribution in [0.5, 0.6) is 5.75 Å². The second-order valence-electron chi connectivity index (χ2n) is 4.87. The number of halogens is 1. The smallest absolute Gasteiger partial charge is 0.130 e. The van der Waals surface area contributed by atoms with Crippen molar-refractivity contribution in [1.82, 2.24) is 0 Å². The molecule has 0 amide bonds. The van der Waals surface area contributed by atoms with Crippen LogP contribution in [0.25, 0.3) is 0 Å². The minimum absolute atomic E-state index is 0.292. The van der Waals surface area contributed by atoms with Crippen LogP contribution in [0.4, 0.5) is 4.39 Å². The van der Waals surface area contributed by atoms with E-state index in [-0.39, 0.29) is 11.9 Å². The minimum atomic E-state index is -0.470. The third kappa shape index (κ3) is 1.91. The molecule has 4 heteroatoms. The van der Waals surface area contributed by atoms with Crippen molar-refractivity contribution in [2.75, 3.05) is 13.7 Å². The van der Waals surface area contributed by atoms with E-state index in [0.29, 0.717) is 30.7 Å². The zero-order valence-electron chi connectivity index (χ0n) is 10.2. The number of aryl methyl sites for hydroxylation is 1. The third-order valence-electron chi connectivity index (χ3n) is 3.59. The van der Waals surface area contributed by atoms with Crippen LogP contribution < -0.4 is 10.5 Å². The Balaban J connectivity index is 2.50. The molecule has 1 saturated carbocycles. The SMILES string of the molecule is COc1cc(C)cc(F)c1C1(CN)CC(O)C1. The molecular weight excluding hydrogens is 221 g/mol. The molecule has 94 valence electrons. The molecule has 2 rings (SSSR count). The lowest BCUT2D eigenvalue weighted by Crippen LogP contribution is -2.50. The maximum Gasteiger partial charge on any atom is 0.130 e. The maximum atomic E-state index is 14.1. The van der Waals surface area contributed by atoms with Crippen molar-refractivity contribution < 1.29 is 14.2 Å². The van der Waals surface area contributed by atoms with Gasteiger partial charge in [0.25, 0.3) is 0 Å². The first-order valence-corrected chi connectivity index (χ1v) is 5.75. The first-order chi connectivity index (χ1) is 8.02. The number of ether oxygens (including phenoxy) is 1. The summed E-state index contributed by atoms with van der Waals surface area (Å²) in [5.74, 6) is 0.235. The molecule has 0 saturated heterocycles. The van der Waals surface area contributed by atoms with Gasteiger partial charge in [-0.1, -0.05) is 0 Å². The molecule has 0 atom stereocenters. The molecule has 3 N–H and O–H groups in total. The molecule has 0 aliphatic heterocycles. The number of rotatable bonds is 3. The molecule has 0 heterocycles. The van der Waals surface area contributed by atoms with E-state index in [1.807, 2.05) is 6.92 Å². The maximum absolute atomic E-state index is 14.1. The second kappa shape index (κ2) is 4.27. The molecule has 0 unspecified atom stereocenters. The summed E-state index contributed by atoms with van der Waals surface area (Å²) < 4.78 is 19.4. The van der Waals surface area contributed by atoms with Gasteiger partial charge in [-0.3, -0.25) is 0 Å². The molecule has 0 radical (unpaired) electrons. The fourth-order valence-corrected chi connectivity index (χ4v) is 2.70. The molecule has 1 aliphatic carbocycles. The second-order valence-corrected chi connectivity index (χ2v) is 4.87. The zero-order chi connectivity index (χ0) is 12.6. The van der Waals surface area contributed by atoms with Crippen LogP contribution >= 0.6 is 0 Å². The fourth-order valence-electron chi connectivity index (χ4n) is 2.70. The summed E-state index contributed by atoms with van der Waals surface area (Å²) in [5, 5.41) is 9.47. The Morgan fingerprint density at radius 3 is 2.65 bits per heavy atom. The number of benzene rings is 1. The van der Waals surface area contributed by atoms with Gasteiger partial charge in [0.15, 0.2) is 0 Å². The van der Waals surface area contributed by atoms with Crippen molar-refractivity contribution in [1.29, 1.82) is 0 Å². The highest BCUT2D eigenvalue weighted by Gasteiger charge is 2.47. The monoisotopic (exact) mass is 239 g/mol. The zero-order valence-corrected chi connectivity index (χ0v) is 10.2. The number of hydrogen-bond acceptors (Lipinski definition) is 3. The van der Waals surface area contributed by atoms with Crippen LogP contribution in [-0.2, 0) is 5.41 Å². The van der Waals surface area contributed by atoms with Crippen LogP contribution in [0.3, 0.4) is 0 Å². The Labute approximate surface area is 100 Å². The molecular formula is C13H18FNO2. The summed E-state index contributed by atoms with van der Waals surface area (Å²) in [7, 11) is 1.52. The third-order valence-corrected chi connectivity index (χ3v) is 3.59. The molecule has 1 aromatic carbocycles. The Bertz CT molecular complexity index is 428. The van der Waals surface area contributed by atoms with Gasteiger partial charge in [0.1, 0.15) is 11.6 Å². The summed E-state index contributed by atoms with van der Waals surface area (Å²) in [6.07, 6.45) is 0.614. The predicted molar refractivity (Wildman–Crippen MR) is 63.7 cm³/mol. The summed E-state index contributed by atoms with van der Waals surface area (Å²) in [6.45, 7) is 2.14. The van der Waals surface area contributed by atoms with E-state index in [9.17, 15) is 9.50 Å². The van der Waals surface area contributed by atoms with Gasteiger partial charge < -0.3 is 15.6 Å². The van der Waals surface area contributed by atoms with Gasteiger partial charge in [0.2, 0.25) is 0 Å². The average Bonchev–Trinajstić information content (AvgIpc) is 2.24. The van der Waals surface area contributed by atoms with E-state index in [1.54, 1.807) is 6.07 Å². The van der Waals surface area contributed by atoms with E-state index < -0.39 is 5.41 Å². The summed E-state index contributed by atoms with van der Waals surface area (Å²) >= 11 is 0. The van der Waals surface area contributed by atoms with E-state index in [4.69, 9.17) is 10.5 Å². The number of aliphatic hydroxyl groups excluding tert-OH is 1. The Hall–Kier alpha value is -1.13. The van der Waals surface area contributed by atoms with E-state index in [2.05, 4.69) is 0 Å². The highest BCUT2D eigenvalue weighted by Crippen LogP contribution is 2.47. The number of hydrogen-bond donors (Lipinski definition) is 2. The molecule has 3 nitrogen and oxygen atoms in total. The van der Waals surface area contributed by atoms with Gasteiger partial charge >= 0.3 is 0 Å². The lowest BCUT2D eigenvalue weighted by Gasteiger charge is -2.45. The fraction of sp³-hybridized carbons (Fsp3) is 0.538. The van der Waals surface area contributed by atoms with Crippen LogP contribution in [0.15, 0.2) is 12.1 Å².